The summed E-state index contributed by atoms with van der Waals surface area (Å²) in [5.41, 5.74) is 11.0. The maximum Gasteiger partial charge on any atom is 0.257 e. The second kappa shape index (κ2) is 9.23. The van der Waals surface area contributed by atoms with Crippen LogP contribution in [0.3, 0.4) is 0 Å². The van der Waals surface area contributed by atoms with Gasteiger partial charge in [-0.1, -0.05) is 11.6 Å². The summed E-state index contributed by atoms with van der Waals surface area (Å²) in [6, 6.07) is 7.88. The Bertz CT molecular complexity index is 1250. The van der Waals surface area contributed by atoms with Crippen LogP contribution in [0.5, 0.6) is 0 Å². The van der Waals surface area contributed by atoms with Crippen LogP contribution < -0.4 is 5.73 Å². The first-order valence-corrected chi connectivity index (χ1v) is 10.6. The third-order valence-electron chi connectivity index (χ3n) is 4.75. The molecule has 4 heterocycles. The number of hydrogen-bond acceptors (Lipinski definition) is 6. The quantitative estimate of drug-likeness (QED) is 0.447. The van der Waals surface area contributed by atoms with Gasteiger partial charge in [0.15, 0.2) is 0 Å². The minimum Gasteiger partial charge on any atom is -0.404 e. The van der Waals surface area contributed by atoms with Crippen molar-refractivity contribution in [3.05, 3.63) is 82.5 Å². The lowest BCUT2D eigenvalue weighted by molar-refractivity contribution is -0.126. The van der Waals surface area contributed by atoms with Crippen molar-refractivity contribution in [1.29, 1.82) is 0 Å². The highest BCUT2D eigenvalue weighted by molar-refractivity contribution is 7.16. The fraction of sp³-hybridized carbons (Fsp3) is 0.143. The number of aromatic nitrogens is 4. The topological polar surface area (TPSA) is 101 Å². The number of amides is 1. The normalized spacial score (nSPS) is 13.5. The van der Waals surface area contributed by atoms with E-state index in [4.69, 9.17) is 17.3 Å². The summed E-state index contributed by atoms with van der Waals surface area (Å²) in [5, 5.41) is 0.515. The van der Waals surface area contributed by atoms with Gasteiger partial charge in [0, 0.05) is 30.4 Å². The summed E-state index contributed by atoms with van der Waals surface area (Å²) >= 11 is 7.39. The van der Waals surface area contributed by atoms with Gasteiger partial charge in [-0.25, -0.2) is 14.4 Å². The monoisotopic (exact) mass is 456 g/mol. The number of thiazole rings is 1. The van der Waals surface area contributed by atoms with Gasteiger partial charge in [0.25, 0.3) is 5.91 Å². The largest absolute Gasteiger partial charge is 0.404 e. The van der Waals surface area contributed by atoms with Gasteiger partial charge in [0.05, 0.1) is 51.3 Å². The third-order valence-corrected chi connectivity index (χ3v) is 5.78. The van der Waals surface area contributed by atoms with Crippen molar-refractivity contribution in [2.24, 2.45) is 5.73 Å². The van der Waals surface area contributed by atoms with Gasteiger partial charge in [-0.3, -0.25) is 9.78 Å². The highest BCUT2D eigenvalue weighted by Gasteiger charge is 2.25. The third kappa shape index (κ3) is 4.73. The number of hydrogen-bond donors (Lipinski definition) is 2. The maximum atomic E-state index is 12.6. The van der Waals surface area contributed by atoms with E-state index < -0.39 is 0 Å². The number of H-pyrrole nitrogens is 1. The molecule has 0 unspecified atom stereocenters. The Morgan fingerprint density at radius 1 is 1.26 bits per heavy atom. The van der Waals surface area contributed by atoms with Crippen LogP contribution >= 0.6 is 22.9 Å². The van der Waals surface area contributed by atoms with Crippen LogP contribution in [0.4, 0.5) is 4.39 Å². The van der Waals surface area contributed by atoms with Gasteiger partial charge in [-0.15, -0.1) is 11.3 Å². The van der Waals surface area contributed by atoms with Gasteiger partial charge in [0.2, 0.25) is 0 Å². The number of nitrogens with one attached hydrogen (secondary N) is 1. The molecule has 0 fully saturated rings. The molecule has 3 N–H and O–H groups in total. The van der Waals surface area contributed by atoms with Crippen LogP contribution in [0.15, 0.2) is 54.6 Å². The molecule has 31 heavy (non-hydrogen) atoms. The number of halogens is 2. The van der Waals surface area contributed by atoms with Crippen molar-refractivity contribution in [3.8, 4) is 0 Å². The van der Waals surface area contributed by atoms with E-state index in [-0.39, 0.29) is 11.7 Å². The lowest BCUT2D eigenvalue weighted by Gasteiger charge is -2.27. The predicted octanol–water partition coefficient (Wildman–Crippen LogP) is 3.78. The van der Waals surface area contributed by atoms with Crippen molar-refractivity contribution < 1.29 is 9.18 Å². The molecule has 3 aromatic heterocycles. The van der Waals surface area contributed by atoms with Crippen LogP contribution in [0.2, 0.25) is 5.02 Å². The molecular weight excluding hydrogens is 439 g/mol. The first kappa shape index (κ1) is 21.0. The zero-order chi connectivity index (χ0) is 21.8. The molecule has 1 aliphatic heterocycles. The first-order chi connectivity index (χ1) is 15.0. The molecule has 158 valence electrons. The van der Waals surface area contributed by atoms with E-state index in [1.165, 1.54) is 29.7 Å². The average Bonchev–Trinajstić information content (AvgIpc) is 3.43. The predicted molar refractivity (Wildman–Crippen MR) is 119 cm³/mol. The van der Waals surface area contributed by atoms with Gasteiger partial charge in [0.1, 0.15) is 5.82 Å². The molecule has 1 amide bonds. The van der Waals surface area contributed by atoms with Crippen molar-refractivity contribution in [2.45, 2.75) is 13.0 Å². The molecule has 4 aromatic rings. The number of benzene rings is 1. The molecule has 0 spiro atoms. The number of pyridine rings is 1. The lowest BCUT2D eigenvalue weighted by Crippen LogP contribution is -2.36. The molecule has 0 bridgehead atoms. The average molecular weight is 457 g/mol. The van der Waals surface area contributed by atoms with Crippen LogP contribution in [-0.4, -0.2) is 37.3 Å². The Labute approximate surface area is 186 Å². The number of carbonyl (C=O) groups is 1. The van der Waals surface area contributed by atoms with E-state index in [0.29, 0.717) is 29.4 Å². The number of imidazole rings is 1. The Morgan fingerprint density at radius 2 is 2.13 bits per heavy atom. The molecular formula is C21H18ClFN6OS. The van der Waals surface area contributed by atoms with Gasteiger partial charge in [-0.05, 0) is 30.3 Å². The molecule has 7 nitrogen and oxygen atoms in total. The molecule has 10 heteroatoms. The highest BCUT2D eigenvalue weighted by atomic mass is 35.5. The fourth-order valence-corrected chi connectivity index (χ4v) is 4.07. The zero-order valence-corrected chi connectivity index (χ0v) is 17.8. The fourth-order valence-electron chi connectivity index (χ4n) is 3.20. The molecule has 5 rings (SSSR count). The summed E-state index contributed by atoms with van der Waals surface area (Å²) in [5.74, 6) is -0.357. The zero-order valence-electron chi connectivity index (χ0n) is 16.3. The summed E-state index contributed by atoms with van der Waals surface area (Å²) in [6.07, 6.45) is 5.21. The second-order valence-electron chi connectivity index (χ2n) is 6.71. The van der Waals surface area contributed by atoms with E-state index in [1.54, 1.807) is 41.1 Å². The molecule has 0 aliphatic carbocycles. The smallest absolute Gasteiger partial charge is 0.257 e. The van der Waals surface area contributed by atoms with Crippen molar-refractivity contribution in [3.63, 3.8) is 0 Å². The van der Waals surface area contributed by atoms with Crippen LogP contribution in [0, 0.1) is 5.82 Å². The van der Waals surface area contributed by atoms with Crippen LogP contribution in [0.1, 0.15) is 17.1 Å². The Kier molecular flexibility index (Phi) is 6.24. The molecule has 0 atom stereocenters. The van der Waals surface area contributed by atoms with Gasteiger partial charge >= 0.3 is 0 Å². The van der Waals surface area contributed by atoms with E-state index in [2.05, 4.69) is 19.9 Å². The number of carbonyl (C=O) groups excluding carboxylic acids is 1. The molecule has 0 saturated carbocycles. The lowest BCUT2D eigenvalue weighted by atomic mass is 10.1. The van der Waals surface area contributed by atoms with Crippen LogP contribution in [0.25, 0.3) is 15.8 Å². The Balaban J connectivity index is 0.000000192. The number of aromatic amines is 1. The standard InChI is InChI=1S/C14H14ClN5O.C7H4FNS/c15-9-1-3-17-12(5-9)10(6-16)14(21)20-4-2-11-13(7-20)19-8-18-11;8-5-1-2-6-7(3-5)10-4-9-6/h1,3,5-6,8H,2,4,7,16H2,(H,18,19);1-4H/b10-6+;. The summed E-state index contributed by atoms with van der Waals surface area (Å²) in [4.78, 5) is 29.8. The van der Waals surface area contributed by atoms with Crippen LogP contribution in [-0.2, 0) is 17.8 Å². The van der Waals surface area contributed by atoms with E-state index in [1.807, 2.05) is 0 Å². The first-order valence-electron chi connectivity index (χ1n) is 9.38. The number of nitrogens with zero attached hydrogens (tertiary/aromatic N) is 4. The molecule has 0 radical (unpaired) electrons. The van der Waals surface area contributed by atoms with Crippen molar-refractivity contribution in [1.82, 2.24) is 24.8 Å². The summed E-state index contributed by atoms with van der Waals surface area (Å²) in [7, 11) is 0. The molecule has 1 aromatic carbocycles. The van der Waals surface area contributed by atoms with Crippen molar-refractivity contribution >= 4 is 44.6 Å². The number of rotatable bonds is 2. The molecule has 1 aliphatic rings. The molecule has 0 saturated heterocycles. The Morgan fingerprint density at radius 3 is 2.94 bits per heavy atom. The SMILES string of the molecule is Fc1ccc2ncsc2c1.N/C=C(/C(=O)N1CCc2nc[nH]c2C1)c1cc(Cl)ccn1. The number of nitrogens with two attached hydrogens (primary N) is 1. The van der Waals surface area contributed by atoms with E-state index in [9.17, 15) is 9.18 Å². The second-order valence-corrected chi connectivity index (χ2v) is 8.03. The minimum atomic E-state index is -0.197. The maximum absolute atomic E-state index is 12.6. The summed E-state index contributed by atoms with van der Waals surface area (Å²) < 4.78 is 13.4. The highest BCUT2D eigenvalue weighted by Crippen LogP contribution is 2.22. The van der Waals surface area contributed by atoms with Crippen molar-refractivity contribution in [2.75, 3.05) is 6.54 Å². The number of fused-ring (bicyclic) bond motifs is 2. The van der Waals surface area contributed by atoms with E-state index >= 15 is 0 Å². The van der Waals surface area contributed by atoms with Gasteiger partial charge in [-0.2, -0.15) is 0 Å². The summed E-state index contributed by atoms with van der Waals surface area (Å²) in [6.45, 7) is 1.10. The minimum absolute atomic E-state index is 0.160. The Hall–Kier alpha value is -3.30. The van der Waals surface area contributed by atoms with Gasteiger partial charge < -0.3 is 15.6 Å². The van der Waals surface area contributed by atoms with E-state index in [0.717, 1.165) is 28.0 Å².